The first-order valence-electron chi connectivity index (χ1n) is 5.99. The minimum absolute atomic E-state index is 0.122. The fourth-order valence-corrected chi connectivity index (χ4v) is 5.75. The normalized spacial score (nSPS) is 42.4. The van der Waals surface area contributed by atoms with E-state index in [9.17, 15) is 9.59 Å². The number of methoxy groups -OCH3 is 2. The van der Waals surface area contributed by atoms with Gasteiger partial charge in [-0.2, -0.15) is 0 Å². The van der Waals surface area contributed by atoms with Gasteiger partial charge in [-0.1, -0.05) is 44.7 Å². The second kappa shape index (κ2) is 4.78. The zero-order valence-corrected chi connectivity index (χ0v) is 13.5. The van der Waals surface area contributed by atoms with Crippen molar-refractivity contribution in [3.8, 4) is 0 Å². The van der Waals surface area contributed by atoms with Gasteiger partial charge in [0.2, 0.25) is 0 Å². The number of carbonyl (C=O) groups is 2. The van der Waals surface area contributed by atoms with Gasteiger partial charge in [0.15, 0.2) is 8.65 Å². The molecule has 0 spiro atoms. The topological polar surface area (TPSA) is 52.6 Å². The molecule has 0 aromatic carbocycles. The van der Waals surface area contributed by atoms with E-state index in [2.05, 4.69) is 31.9 Å². The van der Waals surface area contributed by atoms with E-state index in [-0.39, 0.29) is 11.8 Å². The Morgan fingerprint density at radius 2 is 1.28 bits per heavy atom. The Morgan fingerprint density at radius 3 is 1.56 bits per heavy atom. The van der Waals surface area contributed by atoms with Crippen LogP contribution in [0.15, 0.2) is 0 Å². The summed E-state index contributed by atoms with van der Waals surface area (Å²) in [6, 6.07) is 0. The maximum Gasteiger partial charge on any atom is 0.324 e. The molecule has 0 heterocycles. The number of carbonyl (C=O) groups excluding carboxylic acids is 2. The van der Waals surface area contributed by atoms with Crippen LogP contribution in [0.2, 0.25) is 0 Å². The summed E-state index contributed by atoms with van der Waals surface area (Å²) >= 11 is 6.95. The minimum atomic E-state index is -1.01. The van der Waals surface area contributed by atoms with E-state index in [1.54, 1.807) is 0 Å². The van der Waals surface area contributed by atoms with E-state index in [0.29, 0.717) is 0 Å². The predicted octanol–water partition coefficient (Wildman–Crippen LogP) is 2.42. The molecule has 2 rings (SSSR count). The van der Waals surface area contributed by atoms with Gasteiger partial charge in [0, 0.05) is 0 Å². The number of fused-ring (bicyclic) bond motifs is 1. The van der Waals surface area contributed by atoms with Gasteiger partial charge >= 0.3 is 11.9 Å². The van der Waals surface area contributed by atoms with E-state index in [0.717, 1.165) is 25.7 Å². The SMILES string of the molecule is COC(=O)[C@@]1(Br)[C@@H]2CCCC[C@@H]2[C@@]1(Br)C(=O)OC. The molecule has 0 aliphatic heterocycles. The fourth-order valence-electron chi connectivity index (χ4n) is 3.42. The van der Waals surface area contributed by atoms with Crippen molar-refractivity contribution < 1.29 is 19.1 Å². The Hall–Kier alpha value is -0.100. The zero-order chi connectivity index (χ0) is 13.6. The average Bonchev–Trinajstić information content (AvgIpc) is 2.43. The molecule has 2 fully saturated rings. The Morgan fingerprint density at radius 1 is 0.944 bits per heavy atom. The summed E-state index contributed by atoms with van der Waals surface area (Å²) in [5.74, 6) is -0.574. The molecule has 0 bridgehead atoms. The van der Waals surface area contributed by atoms with Crippen molar-refractivity contribution >= 4 is 43.8 Å². The molecule has 4 atom stereocenters. The maximum absolute atomic E-state index is 12.1. The van der Waals surface area contributed by atoms with Crippen molar-refractivity contribution in [3.63, 3.8) is 0 Å². The van der Waals surface area contributed by atoms with Crippen LogP contribution in [0.3, 0.4) is 0 Å². The summed E-state index contributed by atoms with van der Waals surface area (Å²) < 4.78 is 7.73. The van der Waals surface area contributed by atoms with Gasteiger partial charge in [-0.15, -0.1) is 0 Å². The first kappa shape index (κ1) is 14.3. The molecule has 2 saturated carbocycles. The van der Waals surface area contributed by atoms with Crippen LogP contribution in [0, 0.1) is 11.8 Å². The lowest BCUT2D eigenvalue weighted by Gasteiger charge is -2.62. The highest BCUT2D eigenvalue weighted by atomic mass is 79.9. The van der Waals surface area contributed by atoms with Crippen LogP contribution in [0.5, 0.6) is 0 Å². The summed E-state index contributed by atoms with van der Waals surface area (Å²) in [7, 11) is 2.68. The van der Waals surface area contributed by atoms with Crippen molar-refractivity contribution in [2.45, 2.75) is 34.3 Å². The van der Waals surface area contributed by atoms with Gasteiger partial charge in [0.05, 0.1) is 14.2 Å². The molecule has 0 aromatic heterocycles. The molecule has 6 heteroatoms. The number of ether oxygens (including phenoxy) is 2. The first-order valence-corrected chi connectivity index (χ1v) is 7.57. The second-order valence-electron chi connectivity index (χ2n) is 4.90. The number of halogens is 2. The van der Waals surface area contributed by atoms with E-state index < -0.39 is 20.6 Å². The van der Waals surface area contributed by atoms with Crippen molar-refractivity contribution in [3.05, 3.63) is 0 Å². The summed E-state index contributed by atoms with van der Waals surface area (Å²) in [5, 5.41) is 0. The molecule has 0 amide bonds. The lowest BCUT2D eigenvalue weighted by atomic mass is 9.51. The number of rotatable bonds is 2. The highest BCUT2D eigenvalue weighted by Crippen LogP contribution is 2.67. The predicted molar refractivity (Wildman–Crippen MR) is 72.8 cm³/mol. The van der Waals surface area contributed by atoms with Gasteiger partial charge in [-0.3, -0.25) is 9.59 Å². The highest BCUT2D eigenvalue weighted by Gasteiger charge is 2.78. The fraction of sp³-hybridized carbons (Fsp3) is 0.833. The van der Waals surface area contributed by atoms with E-state index in [4.69, 9.17) is 9.47 Å². The molecule has 0 unspecified atom stereocenters. The van der Waals surface area contributed by atoms with Gasteiger partial charge in [0.1, 0.15) is 0 Å². The summed E-state index contributed by atoms with van der Waals surface area (Å²) in [4.78, 5) is 24.2. The van der Waals surface area contributed by atoms with Crippen LogP contribution < -0.4 is 0 Å². The first-order chi connectivity index (χ1) is 8.44. The number of alkyl halides is 2. The molecular weight excluding hydrogens is 368 g/mol. The Labute approximate surface area is 123 Å². The molecule has 2 aliphatic carbocycles. The van der Waals surface area contributed by atoms with Crippen LogP contribution in [-0.2, 0) is 19.1 Å². The molecule has 0 N–H and O–H groups in total. The lowest BCUT2D eigenvalue weighted by Crippen LogP contribution is -2.76. The molecule has 102 valence electrons. The van der Waals surface area contributed by atoms with Crippen molar-refractivity contribution in [2.24, 2.45) is 11.8 Å². The highest BCUT2D eigenvalue weighted by molar-refractivity contribution is 9.13. The third kappa shape index (κ3) is 1.54. The molecule has 18 heavy (non-hydrogen) atoms. The maximum atomic E-state index is 12.1. The summed E-state index contributed by atoms with van der Waals surface area (Å²) in [6.45, 7) is 0. The smallest absolute Gasteiger partial charge is 0.324 e. The molecule has 0 radical (unpaired) electrons. The Bertz CT molecular complexity index is 350. The van der Waals surface area contributed by atoms with Crippen LogP contribution in [0.4, 0.5) is 0 Å². The molecule has 2 aliphatic rings. The zero-order valence-electron chi connectivity index (χ0n) is 10.4. The third-order valence-corrected chi connectivity index (χ3v) is 7.89. The monoisotopic (exact) mass is 382 g/mol. The second-order valence-corrected chi connectivity index (χ2v) is 7.41. The van der Waals surface area contributed by atoms with Crippen LogP contribution >= 0.6 is 31.9 Å². The Balaban J connectivity index is 2.41. The molecule has 4 nitrogen and oxygen atoms in total. The minimum Gasteiger partial charge on any atom is -0.468 e. The standard InChI is InChI=1S/C12H16Br2O4/c1-17-9(15)11(13)7-5-3-4-6-8(7)12(11,14)10(16)18-2/h7-8H,3-6H2,1-2H3/t7-,8+,11+,12-. The van der Waals surface area contributed by atoms with Crippen molar-refractivity contribution in [1.29, 1.82) is 0 Å². The van der Waals surface area contributed by atoms with Gasteiger partial charge < -0.3 is 9.47 Å². The largest absolute Gasteiger partial charge is 0.468 e. The third-order valence-electron chi connectivity index (χ3n) is 4.28. The quantitative estimate of drug-likeness (QED) is 0.542. The van der Waals surface area contributed by atoms with Gasteiger partial charge in [-0.05, 0) is 24.7 Å². The van der Waals surface area contributed by atoms with Crippen molar-refractivity contribution in [1.82, 2.24) is 0 Å². The number of hydrogen-bond donors (Lipinski definition) is 0. The number of esters is 2. The van der Waals surface area contributed by atoms with Crippen LogP contribution in [-0.4, -0.2) is 34.8 Å². The summed E-state index contributed by atoms with van der Waals surface area (Å²) in [5.41, 5.74) is 0. The van der Waals surface area contributed by atoms with E-state index in [1.165, 1.54) is 14.2 Å². The van der Waals surface area contributed by atoms with Crippen molar-refractivity contribution in [2.75, 3.05) is 14.2 Å². The Kier molecular flexibility index (Phi) is 3.80. The molecule has 0 saturated heterocycles. The average molecular weight is 384 g/mol. The lowest BCUT2D eigenvalue weighted by molar-refractivity contribution is -0.169. The van der Waals surface area contributed by atoms with E-state index >= 15 is 0 Å². The number of hydrogen-bond acceptors (Lipinski definition) is 4. The van der Waals surface area contributed by atoms with Crippen LogP contribution in [0.25, 0.3) is 0 Å². The molecular formula is C12H16Br2O4. The van der Waals surface area contributed by atoms with E-state index in [1.807, 2.05) is 0 Å². The summed E-state index contributed by atoms with van der Waals surface area (Å²) in [6.07, 6.45) is 4.01. The van der Waals surface area contributed by atoms with Gasteiger partial charge in [0.25, 0.3) is 0 Å². The van der Waals surface area contributed by atoms with Gasteiger partial charge in [-0.25, -0.2) is 0 Å². The molecule has 0 aromatic rings. The van der Waals surface area contributed by atoms with Crippen LogP contribution in [0.1, 0.15) is 25.7 Å².